The maximum atomic E-state index is 13.0. The Bertz CT molecular complexity index is 1010. The molecule has 0 radical (unpaired) electrons. The third-order valence-electron chi connectivity index (χ3n) is 4.33. The van der Waals surface area contributed by atoms with E-state index in [1.165, 1.54) is 34.6 Å². The van der Waals surface area contributed by atoms with Gasteiger partial charge in [-0.1, -0.05) is 0 Å². The van der Waals surface area contributed by atoms with Gasteiger partial charge in [-0.2, -0.15) is 9.57 Å². The van der Waals surface area contributed by atoms with Crippen LogP contribution in [0.1, 0.15) is 5.56 Å². The first-order valence-corrected chi connectivity index (χ1v) is 9.46. The molecule has 1 aliphatic heterocycles. The predicted molar refractivity (Wildman–Crippen MR) is 95.2 cm³/mol. The zero-order valence-corrected chi connectivity index (χ0v) is 14.9. The molecule has 0 atom stereocenters. The molecule has 3 rings (SSSR count). The lowest BCUT2D eigenvalue weighted by Gasteiger charge is -2.35. The van der Waals surface area contributed by atoms with Crippen molar-refractivity contribution in [1.82, 2.24) is 4.31 Å². The van der Waals surface area contributed by atoms with E-state index in [-0.39, 0.29) is 48.0 Å². The van der Waals surface area contributed by atoms with Crippen molar-refractivity contribution in [3.63, 3.8) is 0 Å². The van der Waals surface area contributed by atoms with Crippen LogP contribution in [-0.4, -0.2) is 43.8 Å². The molecule has 0 unspecified atom stereocenters. The molecule has 2 aromatic rings. The monoisotopic (exact) mass is 390 g/mol. The highest BCUT2D eigenvalue weighted by atomic mass is 32.2. The molecule has 2 aromatic carbocycles. The van der Waals surface area contributed by atoms with Gasteiger partial charge in [0.05, 0.1) is 21.5 Å². The summed E-state index contributed by atoms with van der Waals surface area (Å²) < 4.78 is 39.6. The molecule has 0 N–H and O–H groups in total. The van der Waals surface area contributed by atoms with Gasteiger partial charge in [-0.15, -0.1) is 0 Å². The second-order valence-electron chi connectivity index (χ2n) is 5.92. The summed E-state index contributed by atoms with van der Waals surface area (Å²) in [5.74, 6) is -0.525. The molecule has 140 valence electrons. The number of anilines is 1. The maximum absolute atomic E-state index is 13.0. The summed E-state index contributed by atoms with van der Waals surface area (Å²) in [5, 5.41) is 20.3. The number of nitrogens with zero attached hydrogens (tertiary/aromatic N) is 4. The number of benzene rings is 2. The van der Waals surface area contributed by atoms with Gasteiger partial charge >= 0.3 is 0 Å². The molecule has 0 aromatic heterocycles. The van der Waals surface area contributed by atoms with Crippen LogP contribution in [0.25, 0.3) is 0 Å². The molecule has 0 amide bonds. The van der Waals surface area contributed by atoms with E-state index in [0.29, 0.717) is 0 Å². The summed E-state index contributed by atoms with van der Waals surface area (Å²) >= 11 is 0. The zero-order chi connectivity index (χ0) is 19.6. The molecule has 1 heterocycles. The molecule has 0 bridgehead atoms. The van der Waals surface area contributed by atoms with E-state index in [9.17, 15) is 22.9 Å². The summed E-state index contributed by atoms with van der Waals surface area (Å²) in [6.45, 7) is 0.702. The van der Waals surface area contributed by atoms with Gasteiger partial charge in [0.15, 0.2) is 0 Å². The van der Waals surface area contributed by atoms with Gasteiger partial charge < -0.3 is 4.90 Å². The zero-order valence-electron chi connectivity index (χ0n) is 14.1. The Morgan fingerprint density at radius 1 is 1.07 bits per heavy atom. The molecule has 0 spiro atoms. The first kappa shape index (κ1) is 18.8. The van der Waals surface area contributed by atoms with Crippen LogP contribution in [0.2, 0.25) is 0 Å². The fourth-order valence-electron chi connectivity index (χ4n) is 2.93. The van der Waals surface area contributed by atoms with Crippen LogP contribution in [-0.2, 0) is 10.0 Å². The average molecular weight is 390 g/mol. The summed E-state index contributed by atoms with van der Waals surface area (Å²) in [6.07, 6.45) is 0. The van der Waals surface area contributed by atoms with E-state index in [4.69, 9.17) is 5.26 Å². The van der Waals surface area contributed by atoms with Gasteiger partial charge in [-0.3, -0.25) is 10.1 Å². The minimum atomic E-state index is -3.77. The number of halogens is 1. The summed E-state index contributed by atoms with van der Waals surface area (Å²) in [6, 6.07) is 10.6. The van der Waals surface area contributed by atoms with E-state index in [2.05, 4.69) is 0 Å². The Morgan fingerprint density at radius 2 is 1.70 bits per heavy atom. The number of hydrogen-bond donors (Lipinski definition) is 0. The first-order chi connectivity index (χ1) is 12.8. The third kappa shape index (κ3) is 3.74. The fraction of sp³-hybridized carbons (Fsp3) is 0.235. The second kappa shape index (κ2) is 7.30. The molecule has 0 aliphatic carbocycles. The SMILES string of the molecule is N#Cc1ccc([N+](=O)[O-])c(N2CCN(S(=O)(=O)c3ccc(F)cc3)CC2)c1. The van der Waals surface area contributed by atoms with E-state index in [1.54, 1.807) is 4.90 Å². The maximum Gasteiger partial charge on any atom is 0.292 e. The number of sulfonamides is 1. The third-order valence-corrected chi connectivity index (χ3v) is 6.24. The summed E-state index contributed by atoms with van der Waals surface area (Å²) in [7, 11) is -3.77. The molecule has 1 fully saturated rings. The van der Waals surface area contributed by atoms with Gasteiger partial charge in [0, 0.05) is 32.2 Å². The fourth-order valence-corrected chi connectivity index (χ4v) is 4.35. The van der Waals surface area contributed by atoms with Crippen molar-refractivity contribution < 1.29 is 17.7 Å². The van der Waals surface area contributed by atoms with Crippen molar-refractivity contribution in [2.24, 2.45) is 0 Å². The van der Waals surface area contributed by atoms with Gasteiger partial charge in [-0.05, 0) is 36.4 Å². The summed E-state index contributed by atoms with van der Waals surface area (Å²) in [4.78, 5) is 12.4. The number of nitro groups is 1. The Hall–Kier alpha value is -3.03. The number of nitro benzene ring substituents is 1. The van der Waals surface area contributed by atoms with Gasteiger partial charge in [0.2, 0.25) is 10.0 Å². The molecule has 10 heteroatoms. The standard InChI is InChI=1S/C17H15FN4O4S/c18-14-2-4-15(5-3-14)27(25,26)21-9-7-20(8-10-21)17-11-13(12-19)1-6-16(17)22(23)24/h1-6,11H,7-10H2. The minimum absolute atomic E-state index is 0.00481. The van der Waals surface area contributed by atoms with Crippen LogP contribution < -0.4 is 4.90 Å². The number of hydrogen-bond acceptors (Lipinski definition) is 6. The summed E-state index contributed by atoms with van der Waals surface area (Å²) in [5.41, 5.74) is 0.443. The number of piperazine rings is 1. The molecule has 1 aliphatic rings. The number of rotatable bonds is 4. The molecule has 27 heavy (non-hydrogen) atoms. The lowest BCUT2D eigenvalue weighted by atomic mass is 10.1. The van der Waals surface area contributed by atoms with E-state index in [1.807, 2.05) is 6.07 Å². The van der Waals surface area contributed by atoms with E-state index >= 15 is 0 Å². The Labute approximate surface area is 155 Å². The minimum Gasteiger partial charge on any atom is -0.363 e. The van der Waals surface area contributed by atoms with Crippen LogP contribution in [0.5, 0.6) is 0 Å². The highest BCUT2D eigenvalue weighted by molar-refractivity contribution is 7.89. The van der Waals surface area contributed by atoms with Crippen LogP contribution >= 0.6 is 0 Å². The highest BCUT2D eigenvalue weighted by Crippen LogP contribution is 2.30. The van der Waals surface area contributed by atoms with Gasteiger partial charge in [-0.25, -0.2) is 12.8 Å². The van der Waals surface area contributed by atoms with Crippen molar-refractivity contribution in [2.45, 2.75) is 4.90 Å². The van der Waals surface area contributed by atoms with Crippen molar-refractivity contribution in [3.8, 4) is 6.07 Å². The van der Waals surface area contributed by atoms with E-state index in [0.717, 1.165) is 12.1 Å². The first-order valence-electron chi connectivity index (χ1n) is 8.02. The second-order valence-corrected chi connectivity index (χ2v) is 7.86. The predicted octanol–water partition coefficient (Wildman–Crippen LogP) is 2.12. The van der Waals surface area contributed by atoms with Crippen LogP contribution in [0.3, 0.4) is 0 Å². The van der Waals surface area contributed by atoms with Crippen molar-refractivity contribution in [3.05, 3.63) is 64.0 Å². The van der Waals surface area contributed by atoms with Crippen LogP contribution in [0.4, 0.5) is 15.8 Å². The Kier molecular flexibility index (Phi) is 5.07. The Morgan fingerprint density at radius 3 is 2.26 bits per heavy atom. The van der Waals surface area contributed by atoms with Crippen molar-refractivity contribution in [1.29, 1.82) is 5.26 Å². The lowest BCUT2D eigenvalue weighted by Crippen LogP contribution is -2.48. The molecule has 8 nitrogen and oxygen atoms in total. The molecule has 1 saturated heterocycles. The molecular weight excluding hydrogens is 375 g/mol. The quantitative estimate of drug-likeness (QED) is 0.584. The molecule has 0 saturated carbocycles. The van der Waals surface area contributed by atoms with Gasteiger partial charge in [0.1, 0.15) is 11.5 Å². The van der Waals surface area contributed by atoms with Crippen LogP contribution in [0, 0.1) is 27.3 Å². The molecular formula is C17H15FN4O4S. The van der Waals surface area contributed by atoms with E-state index < -0.39 is 20.8 Å². The van der Waals surface area contributed by atoms with Crippen molar-refractivity contribution in [2.75, 3.05) is 31.1 Å². The van der Waals surface area contributed by atoms with Crippen molar-refractivity contribution >= 4 is 21.4 Å². The Balaban J connectivity index is 1.81. The largest absolute Gasteiger partial charge is 0.363 e. The topological polar surface area (TPSA) is 108 Å². The highest BCUT2D eigenvalue weighted by Gasteiger charge is 2.30. The lowest BCUT2D eigenvalue weighted by molar-refractivity contribution is -0.384. The number of nitriles is 1. The van der Waals surface area contributed by atoms with Gasteiger partial charge in [0.25, 0.3) is 5.69 Å². The normalized spacial score (nSPS) is 15.3. The smallest absolute Gasteiger partial charge is 0.292 e. The average Bonchev–Trinajstić information content (AvgIpc) is 2.68. The van der Waals surface area contributed by atoms with Crippen LogP contribution in [0.15, 0.2) is 47.4 Å².